The Hall–Kier alpha value is -2.08. The SMILES string of the molecule is Cc1cccn2cc(COc3ccc(CN4CCC5(CCNC5)C4)cc3)nc12.Cl. The standard InChI is InChI=1S/C23H28N4O.ClH/c1-18-3-2-11-27-14-20(25-22(18)27)15-28-21-6-4-19(5-7-21)13-26-12-9-23(17-26)8-10-24-16-23;/h2-7,11,14,24H,8-10,12-13,15-17H2,1H3;1H. The largest absolute Gasteiger partial charge is 0.487 e. The molecule has 2 aliphatic rings. The van der Waals surface area contributed by atoms with E-state index in [9.17, 15) is 0 Å². The summed E-state index contributed by atoms with van der Waals surface area (Å²) in [6.07, 6.45) is 6.73. The minimum absolute atomic E-state index is 0. The van der Waals surface area contributed by atoms with E-state index in [0.717, 1.165) is 23.6 Å². The van der Waals surface area contributed by atoms with Crippen LogP contribution in [0.1, 0.15) is 29.7 Å². The van der Waals surface area contributed by atoms with E-state index >= 15 is 0 Å². The van der Waals surface area contributed by atoms with Crippen molar-refractivity contribution in [3.05, 3.63) is 65.6 Å². The minimum Gasteiger partial charge on any atom is -0.487 e. The lowest BCUT2D eigenvalue weighted by atomic mass is 9.86. The first-order chi connectivity index (χ1) is 13.7. The van der Waals surface area contributed by atoms with Crippen LogP contribution in [-0.4, -0.2) is 40.5 Å². The van der Waals surface area contributed by atoms with Crippen LogP contribution >= 0.6 is 12.4 Å². The molecule has 2 aromatic heterocycles. The smallest absolute Gasteiger partial charge is 0.140 e. The van der Waals surface area contributed by atoms with Gasteiger partial charge in [-0.2, -0.15) is 0 Å². The molecule has 1 aromatic carbocycles. The number of fused-ring (bicyclic) bond motifs is 1. The summed E-state index contributed by atoms with van der Waals surface area (Å²) in [5, 5.41) is 3.54. The molecule has 0 aliphatic carbocycles. The number of benzene rings is 1. The van der Waals surface area contributed by atoms with E-state index in [1.54, 1.807) is 0 Å². The van der Waals surface area contributed by atoms with Crippen LogP contribution < -0.4 is 10.1 Å². The van der Waals surface area contributed by atoms with Crippen LogP contribution in [0.15, 0.2) is 48.8 Å². The number of likely N-dealkylation sites (tertiary alicyclic amines) is 1. The van der Waals surface area contributed by atoms with Crippen molar-refractivity contribution in [3.8, 4) is 5.75 Å². The Morgan fingerprint density at radius 3 is 2.79 bits per heavy atom. The van der Waals surface area contributed by atoms with Gasteiger partial charge >= 0.3 is 0 Å². The minimum atomic E-state index is 0. The summed E-state index contributed by atoms with van der Waals surface area (Å²) in [5.74, 6) is 0.899. The summed E-state index contributed by atoms with van der Waals surface area (Å²) in [6.45, 7) is 8.43. The molecule has 154 valence electrons. The maximum Gasteiger partial charge on any atom is 0.140 e. The lowest BCUT2D eigenvalue weighted by molar-refractivity contribution is 0.268. The van der Waals surface area contributed by atoms with Gasteiger partial charge in [-0.05, 0) is 67.6 Å². The summed E-state index contributed by atoms with van der Waals surface area (Å²) >= 11 is 0. The predicted molar refractivity (Wildman–Crippen MR) is 118 cm³/mol. The number of hydrogen-bond acceptors (Lipinski definition) is 4. The van der Waals surface area contributed by atoms with Gasteiger partial charge < -0.3 is 14.5 Å². The van der Waals surface area contributed by atoms with Crippen molar-refractivity contribution >= 4 is 18.1 Å². The Morgan fingerprint density at radius 1 is 1.17 bits per heavy atom. The Morgan fingerprint density at radius 2 is 2.03 bits per heavy atom. The molecule has 1 spiro atoms. The molecule has 3 aromatic rings. The summed E-state index contributed by atoms with van der Waals surface area (Å²) < 4.78 is 8.02. The number of hydrogen-bond donors (Lipinski definition) is 1. The number of pyridine rings is 1. The normalized spacial score (nSPS) is 21.7. The van der Waals surface area contributed by atoms with Crippen LogP contribution in [0.2, 0.25) is 0 Å². The lowest BCUT2D eigenvalue weighted by Gasteiger charge is -2.22. The molecule has 2 saturated heterocycles. The quantitative estimate of drug-likeness (QED) is 0.691. The van der Waals surface area contributed by atoms with Gasteiger partial charge in [-0.15, -0.1) is 12.4 Å². The highest BCUT2D eigenvalue weighted by Gasteiger charge is 2.39. The van der Waals surface area contributed by atoms with Gasteiger partial charge in [0, 0.05) is 32.0 Å². The average Bonchev–Trinajstić information content (AvgIpc) is 3.43. The molecule has 0 saturated carbocycles. The van der Waals surface area contributed by atoms with Crippen LogP contribution in [0.25, 0.3) is 5.65 Å². The van der Waals surface area contributed by atoms with E-state index in [4.69, 9.17) is 4.74 Å². The molecule has 1 atom stereocenters. The third-order valence-corrected chi connectivity index (χ3v) is 6.29. The molecule has 1 unspecified atom stereocenters. The van der Waals surface area contributed by atoms with Gasteiger partial charge in [-0.3, -0.25) is 4.90 Å². The van der Waals surface area contributed by atoms with Crippen molar-refractivity contribution in [2.75, 3.05) is 26.2 Å². The van der Waals surface area contributed by atoms with E-state index in [2.05, 4.69) is 56.9 Å². The molecule has 2 fully saturated rings. The predicted octanol–water partition coefficient (Wildman–Crippen LogP) is 3.83. The van der Waals surface area contributed by atoms with Crippen LogP contribution in [0.4, 0.5) is 0 Å². The number of aryl methyl sites for hydroxylation is 1. The number of aromatic nitrogens is 2. The maximum absolute atomic E-state index is 5.96. The second kappa shape index (κ2) is 8.34. The van der Waals surface area contributed by atoms with Gasteiger partial charge in [0.05, 0.1) is 5.69 Å². The first-order valence-electron chi connectivity index (χ1n) is 10.3. The van der Waals surface area contributed by atoms with Gasteiger partial charge in [-0.1, -0.05) is 18.2 Å². The van der Waals surface area contributed by atoms with Crippen LogP contribution in [0.5, 0.6) is 5.75 Å². The number of nitrogens with zero attached hydrogens (tertiary/aromatic N) is 3. The van der Waals surface area contributed by atoms with Crippen molar-refractivity contribution in [1.29, 1.82) is 0 Å². The zero-order chi connectivity index (χ0) is 19.0. The number of halogens is 1. The Balaban J connectivity index is 0.00000205. The molecule has 6 heteroatoms. The first kappa shape index (κ1) is 20.2. The maximum atomic E-state index is 5.96. The Labute approximate surface area is 178 Å². The Bertz CT molecular complexity index is 963. The monoisotopic (exact) mass is 412 g/mol. The number of rotatable bonds is 5. The van der Waals surface area contributed by atoms with Crippen molar-refractivity contribution in [2.45, 2.75) is 32.9 Å². The van der Waals surface area contributed by atoms with Gasteiger partial charge in [0.1, 0.15) is 18.0 Å². The van der Waals surface area contributed by atoms with Crippen molar-refractivity contribution < 1.29 is 4.74 Å². The summed E-state index contributed by atoms with van der Waals surface area (Å²) in [5.41, 5.74) is 5.02. The average molecular weight is 413 g/mol. The molecular weight excluding hydrogens is 384 g/mol. The fraction of sp³-hybridized carbons (Fsp3) is 0.435. The second-order valence-corrected chi connectivity index (χ2v) is 8.47. The van der Waals surface area contributed by atoms with Crippen LogP contribution in [0, 0.1) is 12.3 Å². The second-order valence-electron chi connectivity index (χ2n) is 8.47. The van der Waals surface area contributed by atoms with Crippen LogP contribution in [0.3, 0.4) is 0 Å². The molecule has 0 bridgehead atoms. The molecular formula is C23H29ClN4O. The third kappa shape index (κ3) is 4.27. The summed E-state index contributed by atoms with van der Waals surface area (Å²) in [6, 6.07) is 12.7. The summed E-state index contributed by atoms with van der Waals surface area (Å²) in [4.78, 5) is 7.27. The van der Waals surface area contributed by atoms with E-state index in [0.29, 0.717) is 12.0 Å². The van der Waals surface area contributed by atoms with Crippen molar-refractivity contribution in [1.82, 2.24) is 19.6 Å². The van der Waals surface area contributed by atoms with E-state index in [-0.39, 0.29) is 12.4 Å². The van der Waals surface area contributed by atoms with Crippen LogP contribution in [-0.2, 0) is 13.2 Å². The van der Waals surface area contributed by atoms with Gasteiger partial charge in [0.15, 0.2) is 0 Å². The van der Waals surface area contributed by atoms with E-state index in [1.165, 1.54) is 50.1 Å². The molecule has 2 aliphatic heterocycles. The highest BCUT2D eigenvalue weighted by atomic mass is 35.5. The lowest BCUT2D eigenvalue weighted by Crippen LogP contribution is -2.28. The number of nitrogens with one attached hydrogen (secondary N) is 1. The van der Waals surface area contributed by atoms with E-state index < -0.39 is 0 Å². The highest BCUT2D eigenvalue weighted by Crippen LogP contribution is 2.36. The molecule has 1 N–H and O–H groups in total. The molecule has 5 nitrogen and oxygen atoms in total. The summed E-state index contributed by atoms with van der Waals surface area (Å²) in [7, 11) is 0. The van der Waals surface area contributed by atoms with Crippen molar-refractivity contribution in [3.63, 3.8) is 0 Å². The molecule has 29 heavy (non-hydrogen) atoms. The highest BCUT2D eigenvalue weighted by molar-refractivity contribution is 5.85. The van der Waals surface area contributed by atoms with Gasteiger partial charge in [-0.25, -0.2) is 4.98 Å². The molecule has 4 heterocycles. The zero-order valence-electron chi connectivity index (χ0n) is 16.9. The Kier molecular flexibility index (Phi) is 5.81. The fourth-order valence-electron chi connectivity index (χ4n) is 4.69. The third-order valence-electron chi connectivity index (χ3n) is 6.29. The molecule has 5 rings (SSSR count). The molecule has 0 radical (unpaired) electrons. The van der Waals surface area contributed by atoms with E-state index in [1.807, 2.05) is 18.5 Å². The fourth-order valence-corrected chi connectivity index (χ4v) is 4.69. The van der Waals surface area contributed by atoms with Crippen molar-refractivity contribution in [2.24, 2.45) is 5.41 Å². The first-order valence-corrected chi connectivity index (χ1v) is 10.3. The molecule has 0 amide bonds. The van der Waals surface area contributed by atoms with Gasteiger partial charge in [0.25, 0.3) is 0 Å². The number of imidazole rings is 1. The topological polar surface area (TPSA) is 41.8 Å². The zero-order valence-corrected chi connectivity index (χ0v) is 17.8. The number of ether oxygens (including phenoxy) is 1. The van der Waals surface area contributed by atoms with Gasteiger partial charge in [0.2, 0.25) is 0 Å².